The lowest BCUT2D eigenvalue weighted by Crippen LogP contribution is -1.87. The Morgan fingerprint density at radius 3 is 3.22 bits per heavy atom. The standard InChI is InChI=1S/C5H4BrClN2/c6-4-3(8)1-2-9-5(4)7/h1-2H,(H2,8,9)/i1D,2D. The molecule has 4 heteroatoms. The van der Waals surface area contributed by atoms with E-state index in [4.69, 9.17) is 20.1 Å². The first-order valence-corrected chi connectivity index (χ1v) is 3.28. The third-order valence-electron chi connectivity index (χ3n) is 0.762. The summed E-state index contributed by atoms with van der Waals surface area (Å²) in [5.41, 5.74) is 5.55. The number of nitrogen functional groups attached to an aromatic ring is 1. The monoisotopic (exact) mass is 208 g/mol. The Hall–Kier alpha value is -0.280. The number of halogens is 2. The van der Waals surface area contributed by atoms with Crippen LogP contribution in [-0.2, 0) is 0 Å². The smallest absolute Gasteiger partial charge is 0.145 e. The lowest BCUT2D eigenvalue weighted by molar-refractivity contribution is 1.31. The van der Waals surface area contributed by atoms with Crippen molar-refractivity contribution in [1.82, 2.24) is 4.98 Å². The first-order chi connectivity index (χ1) is 5.04. The van der Waals surface area contributed by atoms with Crippen LogP contribution in [0.15, 0.2) is 16.7 Å². The molecule has 2 N–H and O–H groups in total. The highest BCUT2D eigenvalue weighted by molar-refractivity contribution is 9.10. The van der Waals surface area contributed by atoms with E-state index in [-0.39, 0.29) is 23.1 Å². The van der Waals surface area contributed by atoms with Gasteiger partial charge in [0.2, 0.25) is 0 Å². The van der Waals surface area contributed by atoms with Crippen molar-refractivity contribution in [2.75, 3.05) is 5.73 Å². The quantitative estimate of drug-likeness (QED) is 0.665. The van der Waals surface area contributed by atoms with Crippen LogP contribution in [0.1, 0.15) is 2.74 Å². The maximum absolute atomic E-state index is 7.22. The molecule has 0 radical (unpaired) electrons. The molecule has 1 aromatic rings. The van der Waals surface area contributed by atoms with Gasteiger partial charge in [-0.05, 0) is 22.0 Å². The molecule has 0 fully saturated rings. The minimum Gasteiger partial charge on any atom is -0.398 e. The summed E-state index contributed by atoms with van der Waals surface area (Å²) >= 11 is 8.59. The maximum atomic E-state index is 7.22. The van der Waals surface area contributed by atoms with Crippen molar-refractivity contribution in [3.63, 3.8) is 0 Å². The van der Waals surface area contributed by atoms with Crippen LogP contribution in [-0.4, -0.2) is 4.98 Å². The minimum absolute atomic E-state index is 0.110. The largest absolute Gasteiger partial charge is 0.398 e. The van der Waals surface area contributed by atoms with Gasteiger partial charge in [-0.15, -0.1) is 0 Å². The van der Waals surface area contributed by atoms with Crippen molar-refractivity contribution in [3.8, 4) is 0 Å². The number of hydrogen-bond donors (Lipinski definition) is 1. The molecule has 0 saturated carbocycles. The molecule has 0 unspecified atom stereocenters. The number of nitrogens with zero attached hydrogens (tertiary/aromatic N) is 1. The number of aromatic nitrogens is 1. The lowest BCUT2D eigenvalue weighted by Gasteiger charge is -1.95. The zero-order chi connectivity index (χ0) is 8.59. The predicted molar refractivity (Wildman–Crippen MR) is 41.4 cm³/mol. The van der Waals surface area contributed by atoms with Gasteiger partial charge in [0.25, 0.3) is 0 Å². The molecule has 0 atom stereocenters. The Labute approximate surface area is 69.0 Å². The molecule has 0 aromatic carbocycles. The summed E-state index contributed by atoms with van der Waals surface area (Å²) in [6, 6.07) is -0.110. The summed E-state index contributed by atoms with van der Waals surface area (Å²) in [5, 5.41) is 0.114. The average molecular weight is 209 g/mol. The third kappa shape index (κ3) is 1.34. The Morgan fingerprint density at radius 1 is 1.89 bits per heavy atom. The highest BCUT2D eigenvalue weighted by Gasteiger charge is 1.98. The minimum atomic E-state index is -0.212. The van der Waals surface area contributed by atoms with E-state index in [1.54, 1.807) is 0 Å². The average Bonchev–Trinajstić information content (AvgIpc) is 1.97. The van der Waals surface area contributed by atoms with Crippen molar-refractivity contribution >= 4 is 33.2 Å². The highest BCUT2D eigenvalue weighted by atomic mass is 79.9. The van der Waals surface area contributed by atoms with Crippen LogP contribution < -0.4 is 5.73 Å². The molecule has 0 amide bonds. The SMILES string of the molecule is [2H]c1nc(Cl)c(Br)c(N)c1[2H]. The van der Waals surface area contributed by atoms with E-state index >= 15 is 0 Å². The van der Waals surface area contributed by atoms with E-state index in [1.165, 1.54) is 0 Å². The van der Waals surface area contributed by atoms with E-state index in [1.807, 2.05) is 0 Å². The number of nitrogens with two attached hydrogens (primary N) is 1. The Bertz CT molecular complexity index is 279. The van der Waals surface area contributed by atoms with Gasteiger partial charge in [0.15, 0.2) is 0 Å². The molecule has 1 aromatic heterocycles. The maximum Gasteiger partial charge on any atom is 0.145 e. The van der Waals surface area contributed by atoms with E-state index in [0.29, 0.717) is 4.47 Å². The van der Waals surface area contributed by atoms with Crippen LogP contribution in [0, 0.1) is 0 Å². The molecule has 9 heavy (non-hydrogen) atoms. The number of pyridine rings is 1. The zero-order valence-electron chi connectivity index (χ0n) is 6.28. The van der Waals surface area contributed by atoms with Crippen LogP contribution in [0.2, 0.25) is 5.15 Å². The van der Waals surface area contributed by atoms with Crippen molar-refractivity contribution in [2.45, 2.75) is 0 Å². The summed E-state index contributed by atoms with van der Waals surface area (Å²) in [4.78, 5) is 3.55. The van der Waals surface area contributed by atoms with Crippen LogP contribution in [0.25, 0.3) is 0 Å². The van der Waals surface area contributed by atoms with E-state index in [0.717, 1.165) is 0 Å². The lowest BCUT2D eigenvalue weighted by atomic mass is 10.4. The number of rotatable bonds is 0. The van der Waals surface area contributed by atoms with Gasteiger partial charge in [-0.1, -0.05) is 11.6 Å². The molecule has 2 nitrogen and oxygen atoms in total. The highest BCUT2D eigenvalue weighted by Crippen LogP contribution is 2.24. The van der Waals surface area contributed by atoms with Crippen LogP contribution in [0.4, 0.5) is 5.69 Å². The number of hydrogen-bond acceptors (Lipinski definition) is 2. The second kappa shape index (κ2) is 2.54. The van der Waals surface area contributed by atoms with Crippen molar-refractivity contribution in [1.29, 1.82) is 0 Å². The Morgan fingerprint density at radius 2 is 2.56 bits per heavy atom. The molecule has 1 heterocycles. The Kier molecular flexibility index (Phi) is 1.28. The fourth-order valence-electron chi connectivity index (χ4n) is 0.352. The Balaban J connectivity index is 3.46. The van der Waals surface area contributed by atoms with Crippen LogP contribution in [0.3, 0.4) is 0 Å². The fourth-order valence-corrected chi connectivity index (χ4v) is 0.684. The van der Waals surface area contributed by atoms with Crippen molar-refractivity contribution in [3.05, 3.63) is 21.8 Å². The molecule has 0 saturated heterocycles. The van der Waals surface area contributed by atoms with Gasteiger partial charge in [0.1, 0.15) is 5.15 Å². The van der Waals surface area contributed by atoms with Gasteiger partial charge in [-0.3, -0.25) is 0 Å². The van der Waals surface area contributed by atoms with Gasteiger partial charge in [0.05, 0.1) is 12.9 Å². The molecular formula is C5H4BrClN2. The third-order valence-corrected chi connectivity index (χ3v) is 2.07. The molecule has 1 rings (SSSR count). The summed E-state index contributed by atoms with van der Waals surface area (Å²) in [7, 11) is 0. The summed E-state index contributed by atoms with van der Waals surface area (Å²) in [6.07, 6.45) is -0.212. The molecule has 0 aliphatic heterocycles. The van der Waals surface area contributed by atoms with Gasteiger partial charge in [0, 0.05) is 6.17 Å². The van der Waals surface area contributed by atoms with Gasteiger partial charge < -0.3 is 5.73 Å². The predicted octanol–water partition coefficient (Wildman–Crippen LogP) is 2.08. The van der Waals surface area contributed by atoms with Crippen molar-refractivity contribution < 1.29 is 2.74 Å². The molecule has 48 valence electrons. The molecular weight excluding hydrogens is 203 g/mol. The van der Waals surface area contributed by atoms with Crippen LogP contribution in [0.5, 0.6) is 0 Å². The zero-order valence-corrected chi connectivity index (χ0v) is 6.62. The van der Waals surface area contributed by atoms with Crippen LogP contribution >= 0.6 is 27.5 Å². The normalized spacial score (nSPS) is 12.7. The van der Waals surface area contributed by atoms with E-state index < -0.39 is 0 Å². The summed E-state index contributed by atoms with van der Waals surface area (Å²) in [5.74, 6) is 0. The first-order valence-electron chi connectivity index (χ1n) is 3.11. The fraction of sp³-hybridized carbons (Fsp3) is 0. The second-order valence-corrected chi connectivity index (χ2v) is 2.52. The summed E-state index contributed by atoms with van der Waals surface area (Å²) in [6.45, 7) is 0. The van der Waals surface area contributed by atoms with Gasteiger partial charge in [-0.2, -0.15) is 0 Å². The van der Waals surface area contributed by atoms with Crippen molar-refractivity contribution in [2.24, 2.45) is 0 Å². The second-order valence-electron chi connectivity index (χ2n) is 1.37. The van der Waals surface area contributed by atoms with Gasteiger partial charge in [-0.25, -0.2) is 4.98 Å². The molecule has 0 spiro atoms. The molecule has 0 bridgehead atoms. The molecule has 0 aliphatic rings. The summed E-state index contributed by atoms with van der Waals surface area (Å²) < 4.78 is 14.7. The van der Waals surface area contributed by atoms with E-state index in [2.05, 4.69) is 20.9 Å². The van der Waals surface area contributed by atoms with E-state index in [9.17, 15) is 0 Å². The number of anilines is 1. The van der Waals surface area contributed by atoms with Gasteiger partial charge >= 0.3 is 0 Å². The topological polar surface area (TPSA) is 38.9 Å². The molecule has 0 aliphatic carbocycles. The first kappa shape index (κ1) is 4.52.